The number of fused-ring (bicyclic) bond motifs is 1. The van der Waals surface area contributed by atoms with Gasteiger partial charge >= 0.3 is 0 Å². The average Bonchev–Trinajstić information content (AvgIpc) is 3.08. The first kappa shape index (κ1) is 22.0. The summed E-state index contributed by atoms with van der Waals surface area (Å²) in [6.45, 7) is 1.86. The number of nitrogens with zero attached hydrogens (tertiary/aromatic N) is 1. The van der Waals surface area contributed by atoms with Crippen molar-refractivity contribution in [2.45, 2.75) is 24.3 Å². The smallest absolute Gasteiger partial charge is 0.264 e. The molecular weight excluding hydrogens is 479 g/mol. The number of rotatable bonds is 4. The molecule has 4 rings (SSSR count). The molecule has 0 radical (unpaired) electrons. The first-order chi connectivity index (χ1) is 14.7. The van der Waals surface area contributed by atoms with Crippen molar-refractivity contribution in [3.05, 3.63) is 86.9 Å². The lowest BCUT2D eigenvalue weighted by atomic mass is 10.1. The summed E-state index contributed by atoms with van der Waals surface area (Å²) in [6.07, 6.45) is 0.630. The highest BCUT2D eigenvalue weighted by Crippen LogP contribution is 2.37. The van der Waals surface area contributed by atoms with Crippen molar-refractivity contribution in [3.63, 3.8) is 0 Å². The number of carbonyl (C=O) groups excluding carboxylic acids is 1. The van der Waals surface area contributed by atoms with Gasteiger partial charge in [-0.3, -0.25) is 9.10 Å². The maximum absolute atomic E-state index is 13.4. The number of sulfonamides is 1. The summed E-state index contributed by atoms with van der Waals surface area (Å²) in [5, 5.41) is 3.36. The Morgan fingerprint density at radius 2 is 1.68 bits per heavy atom. The van der Waals surface area contributed by atoms with E-state index in [1.165, 1.54) is 40.7 Å². The van der Waals surface area contributed by atoms with Gasteiger partial charge in [0.05, 0.1) is 31.3 Å². The topological polar surface area (TPSA) is 66.5 Å². The number of carbonyl (C=O) groups is 1. The Balaban J connectivity index is 1.66. The molecule has 3 aromatic carbocycles. The fraction of sp³-hybridized carbons (Fsp3) is 0.136. The van der Waals surface area contributed by atoms with E-state index in [-0.39, 0.29) is 37.3 Å². The van der Waals surface area contributed by atoms with Crippen LogP contribution in [0.1, 0.15) is 22.8 Å². The number of amides is 1. The number of para-hydroxylation sites is 1. The van der Waals surface area contributed by atoms with Gasteiger partial charge in [-0.05, 0) is 55.3 Å². The van der Waals surface area contributed by atoms with Crippen molar-refractivity contribution in [2.75, 3.05) is 9.62 Å². The van der Waals surface area contributed by atoms with Crippen LogP contribution in [0.3, 0.4) is 0 Å². The van der Waals surface area contributed by atoms with E-state index >= 15 is 0 Å². The number of hydrogen-bond donors (Lipinski definition) is 1. The molecule has 0 aliphatic carbocycles. The lowest BCUT2D eigenvalue weighted by Gasteiger charge is -2.24. The molecule has 1 aliphatic rings. The first-order valence-corrected chi connectivity index (χ1v) is 11.9. The second-order valence-electron chi connectivity index (χ2n) is 7.21. The molecule has 1 N–H and O–H groups in total. The molecule has 0 bridgehead atoms. The molecule has 0 fully saturated rings. The van der Waals surface area contributed by atoms with E-state index in [2.05, 4.69) is 5.32 Å². The fourth-order valence-corrected chi connectivity index (χ4v) is 5.96. The van der Waals surface area contributed by atoms with E-state index < -0.39 is 15.9 Å². The molecule has 3 aromatic rings. The van der Waals surface area contributed by atoms with Gasteiger partial charge in [0.1, 0.15) is 0 Å². The molecule has 9 heteroatoms. The standard InChI is InChI=1S/C22H17Cl3N2O3S/c1-13-9-14-5-2-3-8-21(14)27(13)31(29,30)16-7-4-6-15(10-16)22(28)26-20-12-18(24)17(23)11-19(20)25/h2-8,10-13H,9H2,1H3,(H,26,28)/t13-/m1/s1. The highest BCUT2D eigenvalue weighted by Gasteiger charge is 2.36. The van der Waals surface area contributed by atoms with Crippen molar-refractivity contribution in [1.82, 2.24) is 0 Å². The minimum absolute atomic E-state index is 0.0314. The third-order valence-electron chi connectivity index (χ3n) is 5.06. The normalized spacial score (nSPS) is 15.6. The second kappa shape index (κ2) is 8.36. The number of anilines is 2. The number of halogens is 3. The molecular formula is C22H17Cl3N2O3S. The average molecular weight is 496 g/mol. The first-order valence-electron chi connectivity index (χ1n) is 9.37. The molecule has 5 nitrogen and oxygen atoms in total. The maximum Gasteiger partial charge on any atom is 0.264 e. The molecule has 31 heavy (non-hydrogen) atoms. The molecule has 1 atom stereocenters. The minimum atomic E-state index is -3.86. The van der Waals surface area contributed by atoms with Crippen LogP contribution in [0.5, 0.6) is 0 Å². The highest BCUT2D eigenvalue weighted by atomic mass is 35.5. The summed E-state index contributed by atoms with van der Waals surface area (Å²) >= 11 is 18.0. The quantitative estimate of drug-likeness (QED) is 0.449. The van der Waals surface area contributed by atoms with Crippen molar-refractivity contribution in [3.8, 4) is 0 Å². The second-order valence-corrected chi connectivity index (χ2v) is 10.2. The Morgan fingerprint density at radius 3 is 2.45 bits per heavy atom. The van der Waals surface area contributed by atoms with E-state index in [0.717, 1.165) is 5.56 Å². The van der Waals surface area contributed by atoms with Crippen LogP contribution in [0.15, 0.2) is 65.6 Å². The Bertz CT molecular complexity index is 1290. The zero-order valence-electron chi connectivity index (χ0n) is 16.3. The van der Waals surface area contributed by atoms with Crippen LogP contribution < -0.4 is 9.62 Å². The molecule has 0 unspecified atom stereocenters. The lowest BCUT2D eigenvalue weighted by Crippen LogP contribution is -2.35. The van der Waals surface area contributed by atoms with E-state index in [1.807, 2.05) is 25.1 Å². The largest absolute Gasteiger partial charge is 0.321 e. The van der Waals surface area contributed by atoms with Gasteiger partial charge in [-0.15, -0.1) is 0 Å². The van der Waals surface area contributed by atoms with Crippen LogP contribution >= 0.6 is 34.8 Å². The summed E-state index contributed by atoms with van der Waals surface area (Å²) in [5.74, 6) is -0.521. The fourth-order valence-electron chi connectivity index (χ4n) is 3.63. The Labute approximate surface area is 195 Å². The van der Waals surface area contributed by atoms with E-state index in [9.17, 15) is 13.2 Å². The van der Waals surface area contributed by atoms with Crippen molar-refractivity contribution >= 4 is 62.1 Å². The van der Waals surface area contributed by atoms with Gasteiger partial charge in [0.2, 0.25) is 0 Å². The van der Waals surface area contributed by atoms with Gasteiger partial charge in [-0.25, -0.2) is 8.42 Å². The van der Waals surface area contributed by atoms with Crippen molar-refractivity contribution in [1.29, 1.82) is 0 Å². The van der Waals surface area contributed by atoms with Gasteiger partial charge in [0, 0.05) is 11.6 Å². The molecule has 1 heterocycles. The zero-order valence-corrected chi connectivity index (χ0v) is 19.4. The molecule has 0 aromatic heterocycles. The molecule has 1 amide bonds. The summed E-state index contributed by atoms with van der Waals surface area (Å²) in [6, 6.07) is 15.9. The van der Waals surface area contributed by atoms with Crippen LogP contribution in [0.2, 0.25) is 15.1 Å². The monoisotopic (exact) mass is 494 g/mol. The van der Waals surface area contributed by atoms with Crippen LogP contribution in [0, 0.1) is 0 Å². The van der Waals surface area contributed by atoms with Gasteiger partial charge in [0.25, 0.3) is 15.9 Å². The van der Waals surface area contributed by atoms with Gasteiger partial charge < -0.3 is 5.32 Å². The predicted octanol–water partition coefficient (Wildman–Crippen LogP) is 6.04. The maximum atomic E-state index is 13.4. The minimum Gasteiger partial charge on any atom is -0.321 e. The number of benzene rings is 3. The summed E-state index contributed by atoms with van der Waals surface area (Å²) in [5.41, 5.74) is 2.08. The van der Waals surface area contributed by atoms with Crippen LogP contribution in [0.4, 0.5) is 11.4 Å². The summed E-state index contributed by atoms with van der Waals surface area (Å²) < 4.78 is 28.2. The van der Waals surface area contributed by atoms with Gasteiger partial charge in [-0.1, -0.05) is 59.1 Å². The Morgan fingerprint density at radius 1 is 0.968 bits per heavy atom. The van der Waals surface area contributed by atoms with E-state index in [4.69, 9.17) is 34.8 Å². The van der Waals surface area contributed by atoms with Crippen LogP contribution in [0.25, 0.3) is 0 Å². The highest BCUT2D eigenvalue weighted by molar-refractivity contribution is 7.92. The zero-order chi connectivity index (χ0) is 22.3. The molecule has 1 aliphatic heterocycles. The van der Waals surface area contributed by atoms with Gasteiger partial charge in [0.15, 0.2) is 0 Å². The number of nitrogens with one attached hydrogen (secondary N) is 1. The Hall–Kier alpha value is -2.25. The van der Waals surface area contributed by atoms with Gasteiger partial charge in [-0.2, -0.15) is 0 Å². The number of hydrogen-bond acceptors (Lipinski definition) is 3. The van der Waals surface area contributed by atoms with E-state index in [1.54, 1.807) is 6.07 Å². The predicted molar refractivity (Wildman–Crippen MR) is 125 cm³/mol. The third kappa shape index (κ3) is 4.13. The Kier molecular flexibility index (Phi) is 5.92. The molecule has 160 valence electrons. The summed E-state index contributed by atoms with van der Waals surface area (Å²) in [4.78, 5) is 12.8. The summed E-state index contributed by atoms with van der Waals surface area (Å²) in [7, 11) is -3.86. The molecule has 0 saturated heterocycles. The molecule has 0 spiro atoms. The third-order valence-corrected chi connectivity index (χ3v) is 8.01. The van der Waals surface area contributed by atoms with Crippen molar-refractivity contribution in [2.24, 2.45) is 0 Å². The lowest BCUT2D eigenvalue weighted by molar-refractivity contribution is 0.102. The van der Waals surface area contributed by atoms with E-state index in [0.29, 0.717) is 12.1 Å². The van der Waals surface area contributed by atoms with Crippen LogP contribution in [-0.2, 0) is 16.4 Å². The van der Waals surface area contributed by atoms with Crippen molar-refractivity contribution < 1.29 is 13.2 Å². The molecule has 0 saturated carbocycles. The SMILES string of the molecule is C[C@@H]1Cc2ccccc2N1S(=O)(=O)c1cccc(C(=O)Nc2cc(Cl)c(Cl)cc2Cl)c1. The van der Waals surface area contributed by atoms with Crippen LogP contribution in [-0.4, -0.2) is 20.4 Å².